The Morgan fingerprint density at radius 1 is 0.917 bits per heavy atom. The van der Waals surface area contributed by atoms with Crippen LogP contribution in [0.25, 0.3) is 0 Å². The Labute approximate surface area is 215 Å². The van der Waals surface area contributed by atoms with E-state index in [1.54, 1.807) is 0 Å². The zero-order chi connectivity index (χ0) is 25.2. The molecule has 2 N–H and O–H groups in total. The van der Waals surface area contributed by atoms with E-state index >= 15 is 0 Å². The van der Waals surface area contributed by atoms with E-state index < -0.39 is 0 Å². The van der Waals surface area contributed by atoms with Crippen molar-refractivity contribution in [2.45, 2.75) is 45.4 Å². The molecule has 7 heteroatoms. The second kappa shape index (κ2) is 13.4. The van der Waals surface area contributed by atoms with Crippen LogP contribution in [0.3, 0.4) is 0 Å². The zero-order valence-corrected chi connectivity index (χ0v) is 21.6. The first-order chi connectivity index (χ1) is 17.6. The highest BCUT2D eigenvalue weighted by atomic mass is 16.5. The van der Waals surface area contributed by atoms with Gasteiger partial charge in [0.25, 0.3) is 11.8 Å². The van der Waals surface area contributed by atoms with Crippen molar-refractivity contribution in [1.82, 2.24) is 10.2 Å². The molecule has 0 spiro atoms. The predicted octanol–water partition coefficient (Wildman–Crippen LogP) is 4.33. The largest absolute Gasteiger partial charge is 0.379 e. The van der Waals surface area contributed by atoms with Crippen LogP contribution in [0, 0.1) is 0 Å². The summed E-state index contributed by atoms with van der Waals surface area (Å²) in [6.45, 7) is 9.14. The molecule has 2 fully saturated rings. The summed E-state index contributed by atoms with van der Waals surface area (Å²) in [7, 11) is 0. The van der Waals surface area contributed by atoms with Crippen LogP contribution in [0.1, 0.15) is 65.3 Å². The number of carbonyl (C=O) groups excluding carboxylic acids is 2. The molecule has 7 nitrogen and oxygen atoms in total. The van der Waals surface area contributed by atoms with Crippen LogP contribution in [0.2, 0.25) is 0 Å². The normalized spacial score (nSPS) is 16.2. The van der Waals surface area contributed by atoms with E-state index in [-0.39, 0.29) is 11.8 Å². The van der Waals surface area contributed by atoms with Crippen LogP contribution in [-0.4, -0.2) is 69.2 Å². The summed E-state index contributed by atoms with van der Waals surface area (Å²) < 4.78 is 5.40. The molecule has 0 unspecified atom stereocenters. The summed E-state index contributed by atoms with van der Waals surface area (Å²) in [4.78, 5) is 30.7. The number of amides is 2. The minimum atomic E-state index is -0.164. The highest BCUT2D eigenvalue weighted by Gasteiger charge is 2.21. The molecular weight excluding hydrogens is 452 g/mol. The Morgan fingerprint density at radius 3 is 2.39 bits per heavy atom. The molecule has 2 amide bonds. The Morgan fingerprint density at radius 2 is 1.67 bits per heavy atom. The fraction of sp³-hybridized carbons (Fsp3) is 0.517. The molecule has 194 valence electrons. The maximum Gasteiger partial charge on any atom is 0.255 e. The molecule has 2 aliphatic rings. The lowest BCUT2D eigenvalue weighted by molar-refractivity contribution is 0.0374. The van der Waals surface area contributed by atoms with Gasteiger partial charge in [-0.1, -0.05) is 25.5 Å². The third-order valence-corrected chi connectivity index (χ3v) is 7.02. The van der Waals surface area contributed by atoms with Gasteiger partial charge in [0.1, 0.15) is 0 Å². The number of hydrogen-bond donors (Lipinski definition) is 2. The average molecular weight is 493 g/mol. The van der Waals surface area contributed by atoms with Crippen LogP contribution in [0.4, 0.5) is 11.4 Å². The molecule has 0 radical (unpaired) electrons. The number of hydrogen-bond acceptors (Lipinski definition) is 5. The third-order valence-electron chi connectivity index (χ3n) is 7.02. The van der Waals surface area contributed by atoms with Crippen LogP contribution in [0.15, 0.2) is 42.5 Å². The number of anilines is 2. The highest BCUT2D eigenvalue weighted by Crippen LogP contribution is 2.28. The van der Waals surface area contributed by atoms with Gasteiger partial charge in [-0.2, -0.15) is 0 Å². The van der Waals surface area contributed by atoms with Gasteiger partial charge in [0, 0.05) is 49.7 Å². The fourth-order valence-electron chi connectivity index (χ4n) is 4.86. The second-order valence-corrected chi connectivity index (χ2v) is 9.74. The number of nitrogens with zero attached hydrogens (tertiary/aromatic N) is 2. The lowest BCUT2D eigenvalue weighted by atomic mass is 10.1. The van der Waals surface area contributed by atoms with Crippen molar-refractivity contribution in [2.24, 2.45) is 0 Å². The number of carbonyl (C=O) groups is 2. The number of aryl methyl sites for hydroxylation is 1. The van der Waals surface area contributed by atoms with Crippen molar-refractivity contribution in [2.75, 3.05) is 62.7 Å². The Kier molecular flexibility index (Phi) is 9.76. The van der Waals surface area contributed by atoms with Crippen LogP contribution in [0.5, 0.6) is 0 Å². The topological polar surface area (TPSA) is 73.9 Å². The van der Waals surface area contributed by atoms with Gasteiger partial charge in [-0.15, -0.1) is 0 Å². The number of rotatable bonds is 11. The first-order valence-corrected chi connectivity index (χ1v) is 13.5. The summed E-state index contributed by atoms with van der Waals surface area (Å²) in [6, 6.07) is 13.5. The number of ether oxygens (including phenoxy) is 1. The fourth-order valence-corrected chi connectivity index (χ4v) is 4.86. The molecule has 36 heavy (non-hydrogen) atoms. The molecule has 2 aromatic rings. The van der Waals surface area contributed by atoms with E-state index in [0.717, 1.165) is 90.1 Å². The van der Waals surface area contributed by atoms with Gasteiger partial charge in [-0.25, -0.2) is 0 Å². The Bertz CT molecular complexity index is 996. The molecular formula is C29H40N4O3. The minimum absolute atomic E-state index is 0.0877. The molecule has 0 aromatic heterocycles. The first kappa shape index (κ1) is 26.2. The monoisotopic (exact) mass is 492 g/mol. The number of benzene rings is 2. The lowest BCUT2D eigenvalue weighted by Crippen LogP contribution is -2.38. The van der Waals surface area contributed by atoms with Gasteiger partial charge < -0.3 is 20.3 Å². The zero-order valence-electron chi connectivity index (χ0n) is 21.6. The van der Waals surface area contributed by atoms with Crippen molar-refractivity contribution in [1.29, 1.82) is 0 Å². The van der Waals surface area contributed by atoms with Crippen molar-refractivity contribution in [3.63, 3.8) is 0 Å². The molecule has 0 aliphatic carbocycles. The van der Waals surface area contributed by atoms with E-state index in [1.165, 1.54) is 5.56 Å². The molecule has 2 aliphatic heterocycles. The van der Waals surface area contributed by atoms with Crippen LogP contribution >= 0.6 is 0 Å². The molecule has 0 bridgehead atoms. The Balaban J connectivity index is 1.40. The minimum Gasteiger partial charge on any atom is -0.379 e. The first-order valence-electron chi connectivity index (χ1n) is 13.5. The van der Waals surface area contributed by atoms with Crippen LogP contribution < -0.4 is 15.5 Å². The lowest BCUT2D eigenvalue weighted by Gasteiger charge is -2.26. The average Bonchev–Trinajstić information content (AvgIpc) is 3.45. The maximum absolute atomic E-state index is 13.2. The van der Waals surface area contributed by atoms with Gasteiger partial charge in [-0.05, 0) is 74.5 Å². The summed E-state index contributed by atoms with van der Waals surface area (Å²) in [6.07, 6.45) is 6.49. The van der Waals surface area contributed by atoms with Crippen LogP contribution in [-0.2, 0) is 11.2 Å². The Hall–Kier alpha value is -2.90. The number of nitrogens with one attached hydrogen (secondary N) is 2. The number of unbranched alkanes of at least 4 members (excludes halogenated alkanes) is 1. The van der Waals surface area contributed by atoms with E-state index in [1.807, 2.05) is 42.5 Å². The summed E-state index contributed by atoms with van der Waals surface area (Å²) in [5, 5.41) is 6.09. The maximum atomic E-state index is 13.2. The van der Waals surface area contributed by atoms with Crippen molar-refractivity contribution < 1.29 is 14.3 Å². The van der Waals surface area contributed by atoms with Gasteiger partial charge in [-0.3, -0.25) is 14.5 Å². The smallest absolute Gasteiger partial charge is 0.255 e. The summed E-state index contributed by atoms with van der Waals surface area (Å²) in [5.41, 5.74) is 4.06. The molecule has 4 rings (SSSR count). The predicted molar refractivity (Wildman–Crippen MR) is 145 cm³/mol. The van der Waals surface area contributed by atoms with Gasteiger partial charge in [0.05, 0.1) is 18.8 Å². The van der Waals surface area contributed by atoms with E-state index in [0.29, 0.717) is 23.4 Å². The summed E-state index contributed by atoms with van der Waals surface area (Å²) >= 11 is 0. The van der Waals surface area contributed by atoms with Gasteiger partial charge in [0.2, 0.25) is 0 Å². The standard InChI is InChI=1S/C29H40N4O3/c1-2-3-7-23-8-10-24(11-9-23)28(34)31-25-12-13-27(33-16-4-5-17-33)26(22-25)29(35)30-14-6-15-32-18-20-36-21-19-32/h8-13,22H,2-7,14-21H2,1H3,(H,30,35)(H,31,34). The summed E-state index contributed by atoms with van der Waals surface area (Å²) in [5.74, 6) is -0.252. The molecule has 0 saturated carbocycles. The number of morpholine rings is 1. The SMILES string of the molecule is CCCCc1ccc(C(=O)Nc2ccc(N3CCCC3)c(C(=O)NCCCN3CCOCC3)c2)cc1. The third kappa shape index (κ3) is 7.31. The van der Waals surface area contributed by atoms with Gasteiger partial charge >= 0.3 is 0 Å². The quantitative estimate of drug-likeness (QED) is 0.457. The van der Waals surface area contributed by atoms with Gasteiger partial charge in [0.15, 0.2) is 0 Å². The van der Waals surface area contributed by atoms with E-state index in [9.17, 15) is 9.59 Å². The molecule has 2 heterocycles. The van der Waals surface area contributed by atoms with Crippen molar-refractivity contribution >= 4 is 23.2 Å². The second-order valence-electron chi connectivity index (χ2n) is 9.74. The highest BCUT2D eigenvalue weighted by molar-refractivity contribution is 6.06. The van der Waals surface area contributed by atoms with E-state index in [4.69, 9.17) is 4.74 Å². The molecule has 2 saturated heterocycles. The van der Waals surface area contributed by atoms with E-state index in [2.05, 4.69) is 27.4 Å². The van der Waals surface area contributed by atoms with Crippen molar-refractivity contribution in [3.8, 4) is 0 Å². The van der Waals surface area contributed by atoms with Crippen molar-refractivity contribution in [3.05, 3.63) is 59.2 Å². The molecule has 0 atom stereocenters. The molecule has 2 aromatic carbocycles.